The Morgan fingerprint density at radius 2 is 2.31 bits per heavy atom. The van der Waals surface area contributed by atoms with E-state index in [9.17, 15) is 4.79 Å². The van der Waals surface area contributed by atoms with Crippen LogP contribution < -0.4 is 5.32 Å². The molecule has 0 amide bonds. The van der Waals surface area contributed by atoms with Crippen molar-refractivity contribution in [1.82, 2.24) is 5.32 Å². The quantitative estimate of drug-likeness (QED) is 0.863. The SMILES string of the molecule is O=C(O)C1CNCC1c1cc2sccc2s1. The number of carbonyl (C=O) groups is 1. The summed E-state index contributed by atoms with van der Waals surface area (Å²) in [6, 6.07) is 4.25. The van der Waals surface area contributed by atoms with Crippen LogP contribution >= 0.6 is 22.7 Å². The average molecular weight is 253 g/mol. The molecule has 3 rings (SSSR count). The lowest BCUT2D eigenvalue weighted by Crippen LogP contribution is -2.20. The Bertz CT molecular complexity index is 502. The van der Waals surface area contributed by atoms with Gasteiger partial charge >= 0.3 is 5.97 Å². The lowest BCUT2D eigenvalue weighted by Gasteiger charge is -2.11. The highest BCUT2D eigenvalue weighted by Gasteiger charge is 2.34. The standard InChI is InChI=1S/C11H11NO2S2/c13-11(14)7-5-12-4-6(7)9-3-10-8(16-9)1-2-15-10/h1-3,6-7,12H,4-5H2,(H,13,14). The van der Waals surface area contributed by atoms with Gasteiger partial charge < -0.3 is 10.4 Å². The Balaban J connectivity index is 1.97. The minimum Gasteiger partial charge on any atom is -0.481 e. The first kappa shape index (κ1) is 10.3. The summed E-state index contributed by atoms with van der Waals surface area (Å²) in [4.78, 5) is 12.3. The number of rotatable bonds is 2. The Kier molecular flexibility index (Phi) is 2.46. The highest BCUT2D eigenvalue weighted by molar-refractivity contribution is 7.26. The fourth-order valence-corrected chi connectivity index (χ4v) is 4.49. The van der Waals surface area contributed by atoms with E-state index in [2.05, 4.69) is 22.8 Å². The van der Waals surface area contributed by atoms with Crippen LogP contribution in [0.1, 0.15) is 10.8 Å². The van der Waals surface area contributed by atoms with Crippen molar-refractivity contribution in [3.05, 3.63) is 22.4 Å². The largest absolute Gasteiger partial charge is 0.481 e. The summed E-state index contributed by atoms with van der Waals surface area (Å²) in [7, 11) is 0. The van der Waals surface area contributed by atoms with Gasteiger partial charge in [0.2, 0.25) is 0 Å². The first-order chi connectivity index (χ1) is 7.75. The topological polar surface area (TPSA) is 49.3 Å². The predicted molar refractivity (Wildman–Crippen MR) is 66.4 cm³/mol. The van der Waals surface area contributed by atoms with Crippen molar-refractivity contribution in [3.8, 4) is 0 Å². The fourth-order valence-electron chi connectivity index (χ4n) is 2.20. The summed E-state index contributed by atoms with van der Waals surface area (Å²) in [5.41, 5.74) is 0. The van der Waals surface area contributed by atoms with Crippen LogP contribution in [0.25, 0.3) is 9.40 Å². The van der Waals surface area contributed by atoms with Crippen LogP contribution in [0, 0.1) is 5.92 Å². The zero-order chi connectivity index (χ0) is 11.1. The van der Waals surface area contributed by atoms with Gasteiger partial charge in [-0.1, -0.05) is 0 Å². The summed E-state index contributed by atoms with van der Waals surface area (Å²) in [5.74, 6) is -0.818. The van der Waals surface area contributed by atoms with Gasteiger partial charge in [0.15, 0.2) is 0 Å². The maximum absolute atomic E-state index is 11.1. The minimum atomic E-state index is -0.688. The van der Waals surface area contributed by atoms with Crippen LogP contribution in [0.2, 0.25) is 0 Å². The predicted octanol–water partition coefficient (Wildman–Crippen LogP) is 2.35. The second kappa shape index (κ2) is 3.84. The molecule has 0 bridgehead atoms. The molecule has 1 saturated heterocycles. The molecule has 2 aromatic rings. The number of carboxylic acids is 1. The molecule has 3 heterocycles. The molecule has 16 heavy (non-hydrogen) atoms. The number of thiophene rings is 2. The minimum absolute atomic E-state index is 0.141. The van der Waals surface area contributed by atoms with Crippen LogP contribution in [0.15, 0.2) is 17.5 Å². The van der Waals surface area contributed by atoms with Crippen molar-refractivity contribution in [2.45, 2.75) is 5.92 Å². The molecule has 2 unspecified atom stereocenters. The molecule has 5 heteroatoms. The Morgan fingerprint density at radius 3 is 3.06 bits per heavy atom. The second-order valence-electron chi connectivity index (χ2n) is 4.01. The van der Waals surface area contributed by atoms with Crippen LogP contribution in [0.5, 0.6) is 0 Å². The normalized spacial score (nSPS) is 25.2. The zero-order valence-electron chi connectivity index (χ0n) is 8.47. The maximum atomic E-state index is 11.1. The number of carboxylic acid groups (broad SMARTS) is 1. The summed E-state index contributed by atoms with van der Waals surface area (Å²) < 4.78 is 2.55. The average Bonchev–Trinajstić information content (AvgIpc) is 2.91. The highest BCUT2D eigenvalue weighted by Crippen LogP contribution is 2.38. The van der Waals surface area contributed by atoms with Crippen LogP contribution in [0.3, 0.4) is 0 Å². The molecule has 0 aromatic carbocycles. The molecule has 0 spiro atoms. The van der Waals surface area contributed by atoms with Crippen molar-refractivity contribution in [1.29, 1.82) is 0 Å². The Hall–Kier alpha value is -0.910. The third-order valence-electron chi connectivity index (χ3n) is 3.06. The summed E-state index contributed by atoms with van der Waals surface area (Å²) >= 11 is 3.45. The van der Waals surface area contributed by atoms with Crippen molar-refractivity contribution in [3.63, 3.8) is 0 Å². The number of hydrogen-bond donors (Lipinski definition) is 2. The monoisotopic (exact) mass is 253 g/mol. The molecule has 2 aromatic heterocycles. The molecule has 2 N–H and O–H groups in total. The molecule has 0 radical (unpaired) electrons. The van der Waals surface area contributed by atoms with E-state index in [1.54, 1.807) is 22.7 Å². The zero-order valence-corrected chi connectivity index (χ0v) is 10.1. The molecule has 84 valence electrons. The summed E-state index contributed by atoms with van der Waals surface area (Å²) in [6.07, 6.45) is 0. The van der Waals surface area contributed by atoms with Crippen LogP contribution in [0.4, 0.5) is 0 Å². The van der Waals surface area contributed by atoms with E-state index in [-0.39, 0.29) is 11.8 Å². The van der Waals surface area contributed by atoms with E-state index < -0.39 is 5.97 Å². The van der Waals surface area contributed by atoms with E-state index >= 15 is 0 Å². The van der Waals surface area contributed by atoms with Crippen LogP contribution in [-0.2, 0) is 4.79 Å². The van der Waals surface area contributed by atoms with E-state index in [1.807, 2.05) is 0 Å². The van der Waals surface area contributed by atoms with Gasteiger partial charge in [0, 0.05) is 33.3 Å². The van der Waals surface area contributed by atoms with E-state index in [0.29, 0.717) is 6.54 Å². The van der Waals surface area contributed by atoms with E-state index in [1.165, 1.54) is 14.3 Å². The number of fused-ring (bicyclic) bond motifs is 1. The lowest BCUT2D eigenvalue weighted by atomic mass is 9.95. The van der Waals surface area contributed by atoms with Gasteiger partial charge in [-0.2, -0.15) is 0 Å². The maximum Gasteiger partial charge on any atom is 0.308 e. The molecular weight excluding hydrogens is 242 g/mol. The van der Waals surface area contributed by atoms with Gasteiger partial charge in [-0.05, 0) is 17.5 Å². The van der Waals surface area contributed by atoms with Crippen molar-refractivity contribution in [2.75, 3.05) is 13.1 Å². The molecule has 3 nitrogen and oxygen atoms in total. The summed E-state index contributed by atoms with van der Waals surface area (Å²) in [5, 5.41) is 14.4. The number of aliphatic carboxylic acids is 1. The second-order valence-corrected chi connectivity index (χ2v) is 6.07. The van der Waals surface area contributed by atoms with Gasteiger partial charge in [0.1, 0.15) is 0 Å². The van der Waals surface area contributed by atoms with Gasteiger partial charge in [-0.25, -0.2) is 0 Å². The summed E-state index contributed by atoms with van der Waals surface area (Å²) in [6.45, 7) is 1.37. The smallest absolute Gasteiger partial charge is 0.308 e. The lowest BCUT2D eigenvalue weighted by molar-refractivity contribution is -0.141. The molecule has 2 atom stereocenters. The molecular formula is C11H11NO2S2. The third kappa shape index (κ3) is 1.55. The van der Waals surface area contributed by atoms with Crippen LogP contribution in [-0.4, -0.2) is 24.2 Å². The fraction of sp³-hybridized carbons (Fsp3) is 0.364. The van der Waals surface area contributed by atoms with Crippen molar-refractivity contribution < 1.29 is 9.90 Å². The molecule has 0 saturated carbocycles. The first-order valence-corrected chi connectivity index (χ1v) is 6.86. The third-order valence-corrected chi connectivity index (χ3v) is 5.28. The van der Waals surface area contributed by atoms with Gasteiger partial charge in [0.05, 0.1) is 5.92 Å². The van der Waals surface area contributed by atoms with Gasteiger partial charge in [0.25, 0.3) is 0 Å². The van der Waals surface area contributed by atoms with E-state index in [0.717, 1.165) is 6.54 Å². The Morgan fingerprint density at radius 1 is 1.44 bits per heavy atom. The molecule has 1 aliphatic rings. The van der Waals surface area contributed by atoms with Crippen molar-refractivity contribution >= 4 is 38.0 Å². The van der Waals surface area contributed by atoms with Gasteiger partial charge in [-0.3, -0.25) is 4.79 Å². The molecule has 1 aliphatic heterocycles. The first-order valence-electron chi connectivity index (χ1n) is 5.16. The van der Waals surface area contributed by atoms with Crippen molar-refractivity contribution in [2.24, 2.45) is 5.92 Å². The molecule has 0 aliphatic carbocycles. The Labute approximate surface area is 101 Å². The number of nitrogens with one attached hydrogen (secondary N) is 1. The molecule has 1 fully saturated rings. The highest BCUT2D eigenvalue weighted by atomic mass is 32.1. The van der Waals surface area contributed by atoms with E-state index in [4.69, 9.17) is 5.11 Å². The van der Waals surface area contributed by atoms with Gasteiger partial charge in [-0.15, -0.1) is 22.7 Å². The number of hydrogen-bond acceptors (Lipinski definition) is 4.